The predicted octanol–water partition coefficient (Wildman–Crippen LogP) is 4.12. The Hall–Kier alpha value is -3.34. The number of nitrogen functional groups attached to an aromatic ring is 1. The van der Waals surface area contributed by atoms with Gasteiger partial charge in [-0.1, -0.05) is 30.3 Å². The van der Waals surface area contributed by atoms with E-state index in [1.54, 1.807) is 7.11 Å². The van der Waals surface area contributed by atoms with E-state index < -0.39 is 0 Å². The van der Waals surface area contributed by atoms with Crippen molar-refractivity contribution in [3.05, 3.63) is 60.9 Å². The summed E-state index contributed by atoms with van der Waals surface area (Å²) >= 11 is 0. The number of nitrogens with one attached hydrogen (secondary N) is 1. The van der Waals surface area contributed by atoms with E-state index in [-0.39, 0.29) is 0 Å². The molecule has 0 saturated heterocycles. The molecule has 5 heteroatoms. The van der Waals surface area contributed by atoms with Crippen LogP contribution in [-0.2, 0) is 0 Å². The fraction of sp³-hybridized carbons (Fsp3) is 0.0526. The van der Waals surface area contributed by atoms with Gasteiger partial charge in [-0.3, -0.25) is 0 Å². The van der Waals surface area contributed by atoms with Crippen LogP contribution in [0.1, 0.15) is 0 Å². The molecule has 4 aromatic rings. The van der Waals surface area contributed by atoms with Crippen molar-refractivity contribution < 1.29 is 4.74 Å². The monoisotopic (exact) mass is 316 g/mol. The molecule has 0 atom stereocenters. The number of rotatable bonds is 3. The van der Waals surface area contributed by atoms with Crippen molar-refractivity contribution in [2.45, 2.75) is 0 Å². The van der Waals surface area contributed by atoms with E-state index >= 15 is 0 Å². The van der Waals surface area contributed by atoms with Crippen LogP contribution in [0.2, 0.25) is 0 Å². The summed E-state index contributed by atoms with van der Waals surface area (Å²) < 4.78 is 5.25. The molecule has 0 saturated carbocycles. The zero-order valence-corrected chi connectivity index (χ0v) is 13.2. The molecular formula is C19H16N4O. The number of hydrogen-bond acceptors (Lipinski definition) is 5. The maximum atomic E-state index is 6.03. The Morgan fingerprint density at radius 1 is 0.958 bits per heavy atom. The summed E-state index contributed by atoms with van der Waals surface area (Å²) in [5.74, 6) is 1.32. The first-order valence-electron chi connectivity index (χ1n) is 7.58. The summed E-state index contributed by atoms with van der Waals surface area (Å²) in [7, 11) is 1.59. The SMILES string of the molecule is COc1cc2ncnc(Nc3ccc4ccccc4c3)c2cc1N. The lowest BCUT2D eigenvalue weighted by Gasteiger charge is -2.11. The molecule has 5 nitrogen and oxygen atoms in total. The average molecular weight is 316 g/mol. The number of methoxy groups -OCH3 is 1. The first kappa shape index (κ1) is 14.3. The third kappa shape index (κ3) is 2.46. The van der Waals surface area contributed by atoms with Crippen molar-refractivity contribution >= 4 is 38.9 Å². The lowest BCUT2D eigenvalue weighted by Crippen LogP contribution is -1.98. The second-order valence-corrected chi connectivity index (χ2v) is 5.52. The Morgan fingerprint density at radius 2 is 1.79 bits per heavy atom. The number of ether oxygens (including phenoxy) is 1. The van der Waals surface area contributed by atoms with Crippen LogP contribution in [0.4, 0.5) is 17.2 Å². The van der Waals surface area contributed by atoms with Gasteiger partial charge in [0.05, 0.1) is 18.3 Å². The number of hydrogen-bond donors (Lipinski definition) is 2. The van der Waals surface area contributed by atoms with E-state index in [4.69, 9.17) is 10.5 Å². The first-order chi connectivity index (χ1) is 11.7. The quantitative estimate of drug-likeness (QED) is 0.556. The van der Waals surface area contributed by atoms with Crippen molar-refractivity contribution in [2.75, 3.05) is 18.2 Å². The summed E-state index contributed by atoms with van der Waals surface area (Å²) in [5.41, 5.74) is 8.32. The van der Waals surface area contributed by atoms with E-state index in [1.807, 2.05) is 30.3 Å². The minimum absolute atomic E-state index is 0.557. The number of nitrogens with two attached hydrogens (primary N) is 1. The van der Waals surface area contributed by atoms with Gasteiger partial charge in [0.25, 0.3) is 0 Å². The molecule has 0 aliphatic heterocycles. The highest BCUT2D eigenvalue weighted by Crippen LogP contribution is 2.31. The summed E-state index contributed by atoms with van der Waals surface area (Å²) in [6, 6.07) is 18.1. The van der Waals surface area contributed by atoms with Gasteiger partial charge >= 0.3 is 0 Å². The third-order valence-corrected chi connectivity index (χ3v) is 4.00. The highest BCUT2D eigenvalue weighted by Gasteiger charge is 2.09. The van der Waals surface area contributed by atoms with Gasteiger partial charge in [-0.15, -0.1) is 0 Å². The maximum Gasteiger partial charge on any atom is 0.143 e. The molecule has 0 bridgehead atoms. The van der Waals surface area contributed by atoms with Crippen molar-refractivity contribution in [2.24, 2.45) is 0 Å². The van der Waals surface area contributed by atoms with E-state index in [1.165, 1.54) is 17.1 Å². The van der Waals surface area contributed by atoms with Crippen molar-refractivity contribution in [3.63, 3.8) is 0 Å². The third-order valence-electron chi connectivity index (χ3n) is 4.00. The summed E-state index contributed by atoms with van der Waals surface area (Å²) in [4.78, 5) is 8.66. The van der Waals surface area contributed by atoms with E-state index in [9.17, 15) is 0 Å². The van der Waals surface area contributed by atoms with Crippen molar-refractivity contribution in [1.82, 2.24) is 9.97 Å². The number of aromatic nitrogens is 2. The number of anilines is 3. The summed E-state index contributed by atoms with van der Waals surface area (Å²) in [6.45, 7) is 0. The number of benzene rings is 3. The van der Waals surface area contributed by atoms with Gasteiger partial charge < -0.3 is 15.8 Å². The van der Waals surface area contributed by atoms with Gasteiger partial charge in [0.1, 0.15) is 17.9 Å². The molecule has 0 amide bonds. The molecule has 24 heavy (non-hydrogen) atoms. The minimum Gasteiger partial charge on any atom is -0.495 e. The van der Waals surface area contributed by atoms with Crippen LogP contribution in [0.3, 0.4) is 0 Å². The van der Waals surface area contributed by atoms with E-state index in [0.29, 0.717) is 17.3 Å². The Morgan fingerprint density at radius 3 is 2.62 bits per heavy atom. The average Bonchev–Trinajstić information content (AvgIpc) is 2.61. The molecule has 1 heterocycles. The van der Waals surface area contributed by atoms with Gasteiger partial charge in [0.2, 0.25) is 0 Å². The summed E-state index contributed by atoms with van der Waals surface area (Å²) in [6.07, 6.45) is 1.53. The molecule has 4 rings (SSSR count). The zero-order chi connectivity index (χ0) is 16.5. The molecule has 0 fully saturated rings. The second kappa shape index (κ2) is 5.70. The van der Waals surface area contributed by atoms with Crippen molar-refractivity contribution in [1.29, 1.82) is 0 Å². The van der Waals surface area contributed by atoms with Crippen LogP contribution in [0.5, 0.6) is 5.75 Å². The van der Waals surface area contributed by atoms with Crippen LogP contribution in [0, 0.1) is 0 Å². The topological polar surface area (TPSA) is 73.1 Å². The largest absolute Gasteiger partial charge is 0.495 e. The van der Waals surface area contributed by atoms with Crippen LogP contribution < -0.4 is 15.8 Å². The molecule has 0 spiro atoms. The molecule has 0 radical (unpaired) electrons. The summed E-state index contributed by atoms with van der Waals surface area (Å²) in [5, 5.41) is 6.57. The highest BCUT2D eigenvalue weighted by molar-refractivity contribution is 5.95. The zero-order valence-electron chi connectivity index (χ0n) is 13.2. The molecule has 0 unspecified atom stereocenters. The second-order valence-electron chi connectivity index (χ2n) is 5.52. The van der Waals surface area contributed by atoms with Crippen LogP contribution in [-0.4, -0.2) is 17.1 Å². The molecule has 0 aliphatic rings. The van der Waals surface area contributed by atoms with E-state index in [2.05, 4.69) is 39.6 Å². The Kier molecular flexibility index (Phi) is 3.39. The smallest absolute Gasteiger partial charge is 0.143 e. The van der Waals surface area contributed by atoms with Crippen molar-refractivity contribution in [3.8, 4) is 5.75 Å². The molecule has 3 N–H and O–H groups in total. The normalized spacial score (nSPS) is 10.9. The molecule has 0 aliphatic carbocycles. The Labute approximate surface area is 139 Å². The van der Waals surface area contributed by atoms with Gasteiger partial charge in [-0.25, -0.2) is 9.97 Å². The predicted molar refractivity (Wildman–Crippen MR) is 97.7 cm³/mol. The number of fused-ring (bicyclic) bond motifs is 2. The minimum atomic E-state index is 0.557. The molecular weight excluding hydrogens is 300 g/mol. The number of nitrogens with zero attached hydrogens (tertiary/aromatic N) is 2. The lowest BCUT2D eigenvalue weighted by molar-refractivity contribution is 0.417. The highest BCUT2D eigenvalue weighted by atomic mass is 16.5. The van der Waals surface area contributed by atoms with Crippen LogP contribution >= 0.6 is 0 Å². The molecule has 3 aromatic carbocycles. The first-order valence-corrected chi connectivity index (χ1v) is 7.58. The molecule has 118 valence electrons. The van der Waals surface area contributed by atoms with E-state index in [0.717, 1.165) is 16.6 Å². The van der Waals surface area contributed by atoms with Gasteiger partial charge in [0, 0.05) is 17.1 Å². The standard InChI is InChI=1S/C19H16N4O/c1-24-18-10-17-15(9-16(18)20)19(22-11-21-17)23-14-7-6-12-4-2-3-5-13(12)8-14/h2-11H,20H2,1H3,(H,21,22,23). The van der Waals surface area contributed by atoms with Gasteiger partial charge in [-0.2, -0.15) is 0 Å². The van der Waals surface area contributed by atoms with Crippen LogP contribution in [0.25, 0.3) is 21.7 Å². The van der Waals surface area contributed by atoms with Gasteiger partial charge in [-0.05, 0) is 29.0 Å². The maximum absolute atomic E-state index is 6.03. The lowest BCUT2D eigenvalue weighted by atomic mass is 10.1. The Bertz CT molecular complexity index is 1050. The fourth-order valence-corrected chi connectivity index (χ4v) is 2.78. The fourth-order valence-electron chi connectivity index (χ4n) is 2.78. The van der Waals surface area contributed by atoms with Gasteiger partial charge in [0.15, 0.2) is 0 Å². The Balaban J connectivity index is 1.79. The van der Waals surface area contributed by atoms with Crippen LogP contribution in [0.15, 0.2) is 60.9 Å². The molecule has 1 aromatic heterocycles.